The van der Waals surface area contributed by atoms with Gasteiger partial charge in [0.2, 0.25) is 17.7 Å². The summed E-state index contributed by atoms with van der Waals surface area (Å²) in [4.78, 5) is 25.3. The number of aromatic nitrogens is 3. The predicted molar refractivity (Wildman–Crippen MR) is 138 cm³/mol. The molecule has 1 atom stereocenters. The number of fused-ring (bicyclic) bond motifs is 1. The maximum atomic E-state index is 11.8. The summed E-state index contributed by atoms with van der Waals surface area (Å²) < 4.78 is 7.41. The third-order valence-electron chi connectivity index (χ3n) is 6.54. The van der Waals surface area contributed by atoms with Crippen LogP contribution in [0.2, 0.25) is 0 Å². The molecule has 0 aliphatic carbocycles. The number of rotatable bonds is 8. The quantitative estimate of drug-likeness (QED) is 0.495. The van der Waals surface area contributed by atoms with E-state index in [1.165, 1.54) is 0 Å². The van der Waals surface area contributed by atoms with Gasteiger partial charge in [-0.05, 0) is 44.9 Å². The zero-order chi connectivity index (χ0) is 25.1. The second-order valence-electron chi connectivity index (χ2n) is 9.19. The monoisotopic (exact) mass is 480 g/mol. The molecule has 2 N–H and O–H groups in total. The van der Waals surface area contributed by atoms with Gasteiger partial charge in [-0.2, -0.15) is 4.98 Å². The number of amides is 1. The van der Waals surface area contributed by atoms with Crippen molar-refractivity contribution in [3.05, 3.63) is 36.0 Å². The van der Waals surface area contributed by atoms with Crippen molar-refractivity contribution < 1.29 is 14.6 Å². The van der Waals surface area contributed by atoms with E-state index in [4.69, 9.17) is 14.7 Å². The summed E-state index contributed by atoms with van der Waals surface area (Å²) in [5, 5.41) is 15.4. The SMILES string of the molecule is CCOc1ccc([C@@H](CC)Nc2nc(N3CCN(C(C)=O)CC3)nc3c(O)n(C(C)C)cc23)cc1. The van der Waals surface area contributed by atoms with Crippen molar-refractivity contribution in [2.45, 2.75) is 53.1 Å². The fraction of sp³-hybridized carbons (Fsp3) is 0.500. The van der Waals surface area contributed by atoms with Crippen molar-refractivity contribution in [1.29, 1.82) is 0 Å². The molecular formula is C26H36N6O3. The van der Waals surface area contributed by atoms with E-state index >= 15 is 0 Å². The summed E-state index contributed by atoms with van der Waals surface area (Å²) in [7, 11) is 0. The Hall–Kier alpha value is -3.49. The Morgan fingerprint density at radius 1 is 1.11 bits per heavy atom. The largest absolute Gasteiger partial charge is 0.494 e. The highest BCUT2D eigenvalue weighted by Crippen LogP contribution is 2.36. The molecular weight excluding hydrogens is 444 g/mol. The minimum Gasteiger partial charge on any atom is -0.494 e. The first-order chi connectivity index (χ1) is 16.8. The van der Waals surface area contributed by atoms with Crippen LogP contribution in [-0.4, -0.2) is 63.2 Å². The highest BCUT2D eigenvalue weighted by Gasteiger charge is 2.25. The molecule has 0 spiro atoms. The molecule has 188 valence electrons. The molecule has 0 radical (unpaired) electrons. The summed E-state index contributed by atoms with van der Waals surface area (Å²) in [5.74, 6) is 2.31. The van der Waals surface area contributed by atoms with Crippen LogP contribution in [0.3, 0.4) is 0 Å². The molecule has 1 fully saturated rings. The maximum absolute atomic E-state index is 11.8. The molecule has 1 aliphatic heterocycles. The number of nitrogens with zero attached hydrogens (tertiary/aromatic N) is 5. The van der Waals surface area contributed by atoms with Crippen LogP contribution < -0.4 is 15.0 Å². The molecule has 3 heterocycles. The van der Waals surface area contributed by atoms with Crippen molar-refractivity contribution >= 4 is 28.6 Å². The number of aromatic hydroxyl groups is 1. The van der Waals surface area contributed by atoms with Gasteiger partial charge in [0.1, 0.15) is 17.1 Å². The lowest BCUT2D eigenvalue weighted by Crippen LogP contribution is -2.48. The smallest absolute Gasteiger partial charge is 0.228 e. The van der Waals surface area contributed by atoms with Gasteiger partial charge in [-0.3, -0.25) is 4.79 Å². The van der Waals surface area contributed by atoms with Crippen molar-refractivity contribution in [3.8, 4) is 11.6 Å². The first-order valence-electron chi connectivity index (χ1n) is 12.4. The van der Waals surface area contributed by atoms with E-state index in [-0.39, 0.29) is 23.9 Å². The third-order valence-corrected chi connectivity index (χ3v) is 6.54. The van der Waals surface area contributed by atoms with Crippen LogP contribution in [0, 0.1) is 0 Å². The summed E-state index contributed by atoms with van der Waals surface area (Å²) >= 11 is 0. The Labute approximate surface area is 206 Å². The van der Waals surface area contributed by atoms with Crippen LogP contribution in [0.15, 0.2) is 30.5 Å². The highest BCUT2D eigenvalue weighted by molar-refractivity contribution is 5.94. The fourth-order valence-electron chi connectivity index (χ4n) is 4.49. The highest BCUT2D eigenvalue weighted by atomic mass is 16.5. The minimum absolute atomic E-state index is 0.0238. The number of piperazine rings is 1. The maximum Gasteiger partial charge on any atom is 0.228 e. The second-order valence-corrected chi connectivity index (χ2v) is 9.19. The zero-order valence-corrected chi connectivity index (χ0v) is 21.3. The average Bonchev–Trinajstić information content (AvgIpc) is 3.20. The van der Waals surface area contributed by atoms with Gasteiger partial charge in [0.15, 0.2) is 0 Å². The molecule has 35 heavy (non-hydrogen) atoms. The number of ether oxygens (including phenoxy) is 1. The zero-order valence-electron chi connectivity index (χ0n) is 21.3. The molecule has 3 aromatic rings. The van der Waals surface area contributed by atoms with E-state index in [9.17, 15) is 9.90 Å². The van der Waals surface area contributed by atoms with Crippen LogP contribution in [0.1, 0.15) is 58.7 Å². The van der Waals surface area contributed by atoms with Gasteiger partial charge in [-0.1, -0.05) is 19.1 Å². The van der Waals surface area contributed by atoms with Crippen LogP contribution in [0.5, 0.6) is 11.6 Å². The first kappa shape index (κ1) is 24.6. The van der Waals surface area contributed by atoms with E-state index in [1.54, 1.807) is 6.92 Å². The summed E-state index contributed by atoms with van der Waals surface area (Å²) in [6, 6.07) is 8.22. The Morgan fingerprint density at radius 3 is 2.37 bits per heavy atom. The van der Waals surface area contributed by atoms with Crippen molar-refractivity contribution in [2.24, 2.45) is 0 Å². The van der Waals surface area contributed by atoms with Crippen LogP contribution in [-0.2, 0) is 4.79 Å². The normalized spacial score (nSPS) is 15.0. The van der Waals surface area contributed by atoms with Gasteiger partial charge in [0, 0.05) is 45.3 Å². The number of hydrogen-bond donors (Lipinski definition) is 2. The second kappa shape index (κ2) is 10.4. The van der Waals surface area contributed by atoms with E-state index in [1.807, 2.05) is 48.6 Å². The summed E-state index contributed by atoms with van der Waals surface area (Å²) in [5.41, 5.74) is 1.66. The Morgan fingerprint density at radius 2 is 1.80 bits per heavy atom. The molecule has 0 unspecified atom stereocenters. The first-order valence-corrected chi connectivity index (χ1v) is 12.4. The summed E-state index contributed by atoms with van der Waals surface area (Å²) in [6.07, 6.45) is 2.77. The lowest BCUT2D eigenvalue weighted by molar-refractivity contribution is -0.129. The molecule has 9 nitrogen and oxygen atoms in total. The third kappa shape index (κ3) is 5.13. The number of anilines is 2. The Kier molecular flexibility index (Phi) is 7.33. The standard InChI is InChI=1S/C26H36N6O3/c1-6-22(19-8-10-20(11-9-19)35-7-2)27-24-21-16-32(17(3)4)25(34)23(21)28-26(29-24)31-14-12-30(13-15-31)18(5)33/h8-11,16-17,22,34H,6-7,12-15H2,1-5H3,(H,27,28,29)/t22-/m1/s1. The Bertz CT molecular complexity index is 1170. The molecule has 1 amide bonds. The van der Waals surface area contributed by atoms with Crippen molar-refractivity contribution in [2.75, 3.05) is 43.0 Å². The predicted octanol–water partition coefficient (Wildman–Crippen LogP) is 4.35. The molecule has 1 saturated heterocycles. The van der Waals surface area contributed by atoms with Gasteiger partial charge in [-0.15, -0.1) is 0 Å². The van der Waals surface area contributed by atoms with Crippen molar-refractivity contribution in [1.82, 2.24) is 19.4 Å². The number of carbonyl (C=O) groups excluding carboxylic acids is 1. The van der Waals surface area contributed by atoms with E-state index in [0.717, 1.165) is 23.1 Å². The molecule has 1 aromatic carbocycles. The number of benzene rings is 1. The lowest BCUT2D eigenvalue weighted by atomic mass is 10.0. The van der Waals surface area contributed by atoms with E-state index in [0.29, 0.717) is 50.1 Å². The van der Waals surface area contributed by atoms with Gasteiger partial charge in [-0.25, -0.2) is 4.98 Å². The molecule has 0 saturated carbocycles. The molecule has 2 aromatic heterocycles. The molecule has 4 rings (SSSR count). The number of carbonyl (C=O) groups is 1. The number of hydrogen-bond acceptors (Lipinski definition) is 7. The topological polar surface area (TPSA) is 95.8 Å². The molecule has 9 heteroatoms. The van der Waals surface area contributed by atoms with Gasteiger partial charge >= 0.3 is 0 Å². The van der Waals surface area contributed by atoms with Gasteiger partial charge in [0.25, 0.3) is 0 Å². The summed E-state index contributed by atoms with van der Waals surface area (Å²) in [6.45, 7) is 12.9. The van der Waals surface area contributed by atoms with Crippen LogP contribution in [0.4, 0.5) is 11.8 Å². The van der Waals surface area contributed by atoms with Crippen LogP contribution >= 0.6 is 0 Å². The van der Waals surface area contributed by atoms with Crippen LogP contribution in [0.25, 0.3) is 10.9 Å². The molecule has 0 bridgehead atoms. The minimum atomic E-state index is 0.0238. The van der Waals surface area contributed by atoms with E-state index in [2.05, 4.69) is 29.3 Å². The lowest BCUT2D eigenvalue weighted by Gasteiger charge is -2.34. The number of nitrogens with one attached hydrogen (secondary N) is 1. The molecule has 1 aliphatic rings. The van der Waals surface area contributed by atoms with Gasteiger partial charge < -0.3 is 29.5 Å². The van der Waals surface area contributed by atoms with E-state index < -0.39 is 0 Å². The average molecular weight is 481 g/mol. The van der Waals surface area contributed by atoms with Gasteiger partial charge in [0.05, 0.1) is 18.0 Å². The Balaban J connectivity index is 1.70. The van der Waals surface area contributed by atoms with Crippen molar-refractivity contribution in [3.63, 3.8) is 0 Å². The fourth-order valence-corrected chi connectivity index (χ4v) is 4.49.